The van der Waals surface area contributed by atoms with Crippen molar-refractivity contribution in [1.82, 2.24) is 15.5 Å². The van der Waals surface area contributed by atoms with Crippen molar-refractivity contribution in [2.45, 2.75) is 33.0 Å². The molecule has 2 heterocycles. The van der Waals surface area contributed by atoms with Crippen molar-refractivity contribution < 1.29 is 13.9 Å². The molecule has 1 saturated heterocycles. The maximum atomic E-state index is 13.9. The van der Waals surface area contributed by atoms with E-state index in [1.807, 2.05) is 24.3 Å². The summed E-state index contributed by atoms with van der Waals surface area (Å²) in [5, 5.41) is 6.83. The van der Waals surface area contributed by atoms with Gasteiger partial charge in [-0.1, -0.05) is 6.07 Å². The number of aryl methyl sites for hydroxylation is 1. The third-order valence-corrected chi connectivity index (χ3v) is 6.31. The average Bonchev–Trinajstić information content (AvgIpc) is 3.21. The number of ether oxygens (including phenoxy) is 2. The third-order valence-electron chi connectivity index (χ3n) is 5.21. The number of benzene rings is 1. The highest BCUT2D eigenvalue weighted by Crippen LogP contribution is 2.27. The van der Waals surface area contributed by atoms with Crippen LogP contribution in [0.3, 0.4) is 0 Å². The first kappa shape index (κ1) is 27.0. The van der Waals surface area contributed by atoms with Crippen molar-refractivity contribution in [2.24, 2.45) is 4.99 Å². The number of hydrogen-bond acceptors (Lipinski definition) is 5. The maximum Gasteiger partial charge on any atom is 0.191 e. The average molecular weight is 577 g/mol. The van der Waals surface area contributed by atoms with Crippen LogP contribution in [0.4, 0.5) is 4.39 Å². The molecule has 0 bridgehead atoms. The van der Waals surface area contributed by atoms with Gasteiger partial charge < -0.3 is 20.1 Å². The predicted octanol–water partition coefficient (Wildman–Crippen LogP) is 4.09. The Kier molecular flexibility index (Phi) is 11.9. The molecule has 3 rings (SSSR count). The van der Waals surface area contributed by atoms with E-state index in [0.29, 0.717) is 12.1 Å². The summed E-state index contributed by atoms with van der Waals surface area (Å²) in [5.41, 5.74) is 1.50. The van der Waals surface area contributed by atoms with Gasteiger partial charge in [-0.05, 0) is 43.7 Å². The fourth-order valence-electron chi connectivity index (χ4n) is 3.63. The van der Waals surface area contributed by atoms with Crippen LogP contribution < -0.4 is 10.6 Å². The molecule has 1 unspecified atom stereocenters. The number of rotatable bonds is 9. The van der Waals surface area contributed by atoms with Crippen LogP contribution in [-0.4, -0.2) is 57.4 Å². The predicted molar refractivity (Wildman–Crippen MR) is 140 cm³/mol. The van der Waals surface area contributed by atoms with E-state index in [2.05, 4.69) is 34.6 Å². The normalized spacial score (nSPS) is 15.8. The Balaban J connectivity index is 0.00000363. The highest BCUT2D eigenvalue weighted by atomic mass is 127. The van der Waals surface area contributed by atoms with Crippen molar-refractivity contribution >= 4 is 41.3 Å². The van der Waals surface area contributed by atoms with Crippen LogP contribution in [0.15, 0.2) is 35.3 Å². The molecule has 0 saturated carbocycles. The summed E-state index contributed by atoms with van der Waals surface area (Å²) in [7, 11) is 1.57. The summed E-state index contributed by atoms with van der Waals surface area (Å²) >= 11 is 1.84. The molecule has 1 atom stereocenters. The summed E-state index contributed by atoms with van der Waals surface area (Å²) < 4.78 is 24.5. The van der Waals surface area contributed by atoms with Crippen LogP contribution in [-0.2, 0) is 22.6 Å². The molecular weight excluding hydrogens is 542 g/mol. The zero-order chi connectivity index (χ0) is 22.1. The van der Waals surface area contributed by atoms with E-state index in [4.69, 9.17) is 14.5 Å². The molecule has 1 fully saturated rings. The van der Waals surface area contributed by atoms with E-state index in [1.165, 1.54) is 15.8 Å². The van der Waals surface area contributed by atoms with Crippen molar-refractivity contribution in [3.8, 4) is 0 Å². The lowest BCUT2D eigenvalue weighted by atomic mass is 10.1. The second-order valence-electron chi connectivity index (χ2n) is 7.55. The first-order chi connectivity index (χ1) is 15.1. The Hall–Kier alpha value is -1.27. The molecule has 6 nitrogen and oxygen atoms in total. The van der Waals surface area contributed by atoms with Crippen LogP contribution >= 0.6 is 35.3 Å². The Labute approximate surface area is 211 Å². The molecule has 9 heteroatoms. The van der Waals surface area contributed by atoms with Gasteiger partial charge >= 0.3 is 0 Å². The van der Waals surface area contributed by atoms with Crippen LogP contribution in [0.1, 0.15) is 33.8 Å². The molecule has 0 radical (unpaired) electrons. The number of guanidine groups is 1. The number of nitrogens with one attached hydrogen (secondary N) is 2. The number of morpholine rings is 1. The lowest BCUT2D eigenvalue weighted by Gasteiger charge is -2.34. The molecule has 1 aliphatic rings. The number of nitrogens with zero attached hydrogens (tertiary/aromatic N) is 2. The fraction of sp³-hybridized carbons (Fsp3) is 0.522. The number of thiophene rings is 1. The standard InChI is InChI=1S/C23H33FN4O2S.HI/c1-4-25-23(26-14-18-6-7-20(24)19(13-18)16-29-3)27-15-21(22-8-5-17(2)31-22)28-9-11-30-12-10-28;/h5-8,13,21H,4,9-12,14-16H2,1-3H3,(H2,25,26,27);1H. The Morgan fingerprint density at radius 2 is 2.03 bits per heavy atom. The number of halogens is 2. The zero-order valence-electron chi connectivity index (χ0n) is 19.0. The van der Waals surface area contributed by atoms with E-state index in [-0.39, 0.29) is 42.4 Å². The van der Waals surface area contributed by atoms with E-state index < -0.39 is 0 Å². The Morgan fingerprint density at radius 1 is 1.25 bits per heavy atom. The van der Waals surface area contributed by atoms with Gasteiger partial charge in [-0.15, -0.1) is 35.3 Å². The van der Waals surface area contributed by atoms with Gasteiger partial charge in [-0.25, -0.2) is 9.38 Å². The lowest BCUT2D eigenvalue weighted by molar-refractivity contribution is 0.0177. The van der Waals surface area contributed by atoms with E-state index in [0.717, 1.165) is 50.9 Å². The summed E-state index contributed by atoms with van der Waals surface area (Å²) in [5.74, 6) is 0.505. The maximum absolute atomic E-state index is 13.9. The summed E-state index contributed by atoms with van der Waals surface area (Å²) in [6.45, 7) is 9.82. The van der Waals surface area contributed by atoms with Gasteiger partial charge in [0.1, 0.15) is 5.82 Å². The van der Waals surface area contributed by atoms with E-state index in [9.17, 15) is 4.39 Å². The largest absolute Gasteiger partial charge is 0.380 e. The minimum atomic E-state index is -0.251. The topological polar surface area (TPSA) is 58.1 Å². The van der Waals surface area contributed by atoms with Gasteiger partial charge in [-0.2, -0.15) is 0 Å². The third kappa shape index (κ3) is 7.95. The van der Waals surface area contributed by atoms with Gasteiger partial charge in [0.05, 0.1) is 32.4 Å². The Bertz CT molecular complexity index is 858. The highest BCUT2D eigenvalue weighted by Gasteiger charge is 2.24. The molecule has 0 amide bonds. The molecule has 2 N–H and O–H groups in total. The van der Waals surface area contributed by atoms with Gasteiger partial charge in [0.25, 0.3) is 0 Å². The quantitative estimate of drug-likeness (QED) is 0.268. The molecule has 1 aromatic heterocycles. The van der Waals surface area contributed by atoms with Gasteiger partial charge in [0, 0.05) is 48.6 Å². The molecule has 0 aliphatic carbocycles. The van der Waals surface area contributed by atoms with Crippen LogP contribution in [0, 0.1) is 12.7 Å². The van der Waals surface area contributed by atoms with Crippen molar-refractivity contribution in [3.05, 3.63) is 57.0 Å². The smallest absolute Gasteiger partial charge is 0.191 e. The minimum Gasteiger partial charge on any atom is -0.380 e. The van der Waals surface area contributed by atoms with Crippen molar-refractivity contribution in [3.63, 3.8) is 0 Å². The van der Waals surface area contributed by atoms with Crippen LogP contribution in [0.2, 0.25) is 0 Å². The first-order valence-electron chi connectivity index (χ1n) is 10.8. The molecule has 178 valence electrons. The van der Waals surface area contributed by atoms with Gasteiger partial charge in [0.15, 0.2) is 5.96 Å². The summed E-state index contributed by atoms with van der Waals surface area (Å²) in [6.07, 6.45) is 0. The lowest BCUT2D eigenvalue weighted by Crippen LogP contribution is -2.46. The van der Waals surface area contributed by atoms with Gasteiger partial charge in [-0.3, -0.25) is 4.90 Å². The molecule has 2 aromatic rings. The Morgan fingerprint density at radius 3 is 2.69 bits per heavy atom. The van der Waals surface area contributed by atoms with E-state index >= 15 is 0 Å². The molecular formula is C23H34FIN4O2S. The number of methoxy groups -OCH3 is 1. The summed E-state index contributed by atoms with van der Waals surface area (Å²) in [4.78, 5) is 9.87. The van der Waals surface area contributed by atoms with Gasteiger partial charge in [0.2, 0.25) is 0 Å². The zero-order valence-corrected chi connectivity index (χ0v) is 22.2. The molecule has 0 spiro atoms. The highest BCUT2D eigenvalue weighted by molar-refractivity contribution is 14.0. The molecule has 32 heavy (non-hydrogen) atoms. The molecule has 1 aromatic carbocycles. The molecule has 1 aliphatic heterocycles. The van der Waals surface area contributed by atoms with Crippen LogP contribution in [0.25, 0.3) is 0 Å². The van der Waals surface area contributed by atoms with Crippen molar-refractivity contribution in [1.29, 1.82) is 0 Å². The first-order valence-corrected chi connectivity index (χ1v) is 11.6. The minimum absolute atomic E-state index is 0. The monoisotopic (exact) mass is 576 g/mol. The summed E-state index contributed by atoms with van der Waals surface area (Å²) in [6, 6.07) is 9.74. The number of hydrogen-bond donors (Lipinski definition) is 2. The SMILES string of the molecule is CCNC(=NCc1ccc(F)c(COC)c1)NCC(c1ccc(C)s1)N1CCOCC1.I. The van der Waals surface area contributed by atoms with Crippen LogP contribution in [0.5, 0.6) is 0 Å². The van der Waals surface area contributed by atoms with E-state index in [1.54, 1.807) is 13.2 Å². The fourth-order valence-corrected chi connectivity index (χ4v) is 4.64. The second kappa shape index (κ2) is 14.1. The van der Waals surface area contributed by atoms with Crippen molar-refractivity contribution in [2.75, 3.05) is 46.5 Å². The number of aliphatic imine (C=N–C) groups is 1. The second-order valence-corrected chi connectivity index (χ2v) is 8.87.